The van der Waals surface area contributed by atoms with Gasteiger partial charge in [-0.2, -0.15) is 11.3 Å². The van der Waals surface area contributed by atoms with Gasteiger partial charge in [0, 0.05) is 10.4 Å². The summed E-state index contributed by atoms with van der Waals surface area (Å²) in [5.74, 6) is 0.968. The highest BCUT2D eigenvalue weighted by molar-refractivity contribution is 7.07. The zero-order chi connectivity index (χ0) is 13.9. The van der Waals surface area contributed by atoms with Gasteiger partial charge in [0.1, 0.15) is 11.3 Å². The average Bonchev–Trinajstić information content (AvgIpc) is 3.06. The van der Waals surface area contributed by atoms with Gasteiger partial charge in [0.15, 0.2) is 0 Å². The summed E-state index contributed by atoms with van der Waals surface area (Å²) in [4.78, 5) is 0. The molecule has 0 bridgehead atoms. The fraction of sp³-hybridized carbons (Fsp3) is 0.250. The van der Waals surface area contributed by atoms with Gasteiger partial charge in [0.05, 0.1) is 6.04 Å². The Labute approximate surface area is 127 Å². The van der Waals surface area contributed by atoms with Crippen LogP contribution in [0.4, 0.5) is 0 Å². The van der Waals surface area contributed by atoms with Crippen molar-refractivity contribution in [2.45, 2.75) is 19.4 Å². The standard InChI is InChI=1S/C16H16ClNOS/c1-2-18-14(7-11-5-6-20-10-11)16-9-12-8-13(17)3-4-15(12)19-16/h3-6,8-10,14,18H,2,7H2,1H3. The summed E-state index contributed by atoms with van der Waals surface area (Å²) in [6.45, 7) is 3.02. The zero-order valence-electron chi connectivity index (χ0n) is 11.2. The third-order valence-corrected chi connectivity index (χ3v) is 4.28. The largest absolute Gasteiger partial charge is 0.459 e. The van der Waals surface area contributed by atoms with Gasteiger partial charge in [-0.3, -0.25) is 0 Å². The Kier molecular flexibility index (Phi) is 4.10. The number of thiophene rings is 1. The first kappa shape index (κ1) is 13.7. The first-order chi connectivity index (χ1) is 9.76. The van der Waals surface area contributed by atoms with Crippen LogP contribution in [0.2, 0.25) is 5.02 Å². The molecule has 1 atom stereocenters. The van der Waals surface area contributed by atoms with Crippen LogP contribution in [0.15, 0.2) is 45.5 Å². The van der Waals surface area contributed by atoms with Crippen LogP contribution in [0.25, 0.3) is 11.0 Å². The van der Waals surface area contributed by atoms with Crippen LogP contribution in [0.3, 0.4) is 0 Å². The maximum Gasteiger partial charge on any atom is 0.134 e. The molecule has 0 saturated heterocycles. The molecule has 2 aromatic heterocycles. The van der Waals surface area contributed by atoms with Crippen molar-refractivity contribution in [3.8, 4) is 0 Å². The summed E-state index contributed by atoms with van der Waals surface area (Å²) < 4.78 is 5.97. The molecule has 0 radical (unpaired) electrons. The summed E-state index contributed by atoms with van der Waals surface area (Å²) in [6, 6.07) is 10.2. The van der Waals surface area contributed by atoms with E-state index in [1.165, 1.54) is 5.56 Å². The molecular formula is C16H16ClNOS. The number of nitrogens with one attached hydrogen (secondary N) is 1. The summed E-state index contributed by atoms with van der Waals surface area (Å²) >= 11 is 7.75. The summed E-state index contributed by atoms with van der Waals surface area (Å²) in [7, 11) is 0. The Morgan fingerprint density at radius 1 is 1.30 bits per heavy atom. The first-order valence-corrected chi connectivity index (χ1v) is 8.02. The van der Waals surface area contributed by atoms with E-state index in [1.54, 1.807) is 11.3 Å². The van der Waals surface area contributed by atoms with Gasteiger partial charge in [-0.1, -0.05) is 18.5 Å². The molecule has 3 aromatic rings. The minimum Gasteiger partial charge on any atom is -0.459 e. The lowest BCUT2D eigenvalue weighted by Gasteiger charge is -2.14. The van der Waals surface area contributed by atoms with E-state index in [0.717, 1.165) is 34.7 Å². The highest BCUT2D eigenvalue weighted by atomic mass is 35.5. The Hall–Kier alpha value is -1.29. The van der Waals surface area contributed by atoms with Crippen molar-refractivity contribution >= 4 is 33.9 Å². The molecule has 0 aliphatic carbocycles. The smallest absolute Gasteiger partial charge is 0.134 e. The third-order valence-electron chi connectivity index (χ3n) is 3.31. The number of benzene rings is 1. The maximum absolute atomic E-state index is 6.03. The van der Waals surface area contributed by atoms with Crippen molar-refractivity contribution < 1.29 is 4.42 Å². The van der Waals surface area contributed by atoms with Crippen molar-refractivity contribution in [2.75, 3.05) is 6.54 Å². The normalized spacial score (nSPS) is 12.9. The molecule has 2 heterocycles. The van der Waals surface area contributed by atoms with Gasteiger partial charge < -0.3 is 9.73 Å². The predicted octanol–water partition coefficient (Wildman–Crippen LogP) is 5.04. The Bertz CT molecular complexity index is 690. The molecule has 0 spiro atoms. The second-order valence-electron chi connectivity index (χ2n) is 4.78. The summed E-state index contributed by atoms with van der Waals surface area (Å²) in [5, 5.41) is 9.58. The monoisotopic (exact) mass is 305 g/mol. The quantitative estimate of drug-likeness (QED) is 0.714. The van der Waals surface area contributed by atoms with Gasteiger partial charge in [-0.05, 0) is 59.6 Å². The number of hydrogen-bond acceptors (Lipinski definition) is 3. The van der Waals surface area contributed by atoms with E-state index in [1.807, 2.05) is 18.2 Å². The molecule has 0 saturated carbocycles. The van der Waals surface area contributed by atoms with Crippen molar-refractivity contribution in [2.24, 2.45) is 0 Å². The fourth-order valence-electron chi connectivity index (χ4n) is 2.37. The lowest BCUT2D eigenvalue weighted by atomic mass is 10.1. The number of furan rings is 1. The summed E-state index contributed by atoms with van der Waals surface area (Å²) in [6.07, 6.45) is 0.935. The molecule has 0 fully saturated rings. The second kappa shape index (κ2) is 6.00. The van der Waals surface area contributed by atoms with Crippen molar-refractivity contribution in [1.29, 1.82) is 0 Å². The minimum atomic E-state index is 0.195. The topological polar surface area (TPSA) is 25.2 Å². The molecule has 1 N–H and O–H groups in total. The average molecular weight is 306 g/mol. The van der Waals surface area contributed by atoms with Crippen LogP contribution >= 0.6 is 22.9 Å². The van der Waals surface area contributed by atoms with E-state index in [-0.39, 0.29) is 6.04 Å². The minimum absolute atomic E-state index is 0.195. The van der Waals surface area contributed by atoms with Crippen molar-refractivity contribution in [3.63, 3.8) is 0 Å². The molecule has 2 nitrogen and oxygen atoms in total. The van der Waals surface area contributed by atoms with Gasteiger partial charge in [0.2, 0.25) is 0 Å². The highest BCUT2D eigenvalue weighted by Gasteiger charge is 2.16. The van der Waals surface area contributed by atoms with Gasteiger partial charge >= 0.3 is 0 Å². The second-order valence-corrected chi connectivity index (χ2v) is 5.99. The number of likely N-dealkylation sites (N-methyl/N-ethyl adjacent to an activating group) is 1. The van der Waals surface area contributed by atoms with Crippen LogP contribution < -0.4 is 5.32 Å². The SMILES string of the molecule is CCNC(Cc1ccsc1)c1cc2cc(Cl)ccc2o1. The molecule has 3 rings (SSSR count). The van der Waals surface area contributed by atoms with E-state index in [2.05, 4.69) is 35.1 Å². The molecule has 0 aliphatic heterocycles. The Morgan fingerprint density at radius 3 is 2.95 bits per heavy atom. The van der Waals surface area contributed by atoms with Gasteiger partial charge in [-0.15, -0.1) is 0 Å². The zero-order valence-corrected chi connectivity index (χ0v) is 12.8. The van der Waals surface area contributed by atoms with E-state index in [9.17, 15) is 0 Å². The molecule has 1 aromatic carbocycles. The molecular weight excluding hydrogens is 290 g/mol. The fourth-order valence-corrected chi connectivity index (χ4v) is 3.23. The Balaban J connectivity index is 1.92. The molecule has 4 heteroatoms. The van der Waals surface area contributed by atoms with Crippen LogP contribution in [-0.4, -0.2) is 6.54 Å². The van der Waals surface area contributed by atoms with Crippen LogP contribution in [-0.2, 0) is 6.42 Å². The molecule has 1 unspecified atom stereocenters. The Morgan fingerprint density at radius 2 is 2.20 bits per heavy atom. The first-order valence-electron chi connectivity index (χ1n) is 6.69. The maximum atomic E-state index is 6.03. The van der Waals surface area contributed by atoms with Crippen LogP contribution in [0, 0.1) is 0 Å². The van der Waals surface area contributed by atoms with Crippen LogP contribution in [0.5, 0.6) is 0 Å². The predicted molar refractivity (Wildman–Crippen MR) is 85.7 cm³/mol. The van der Waals surface area contributed by atoms with E-state index in [0.29, 0.717) is 0 Å². The molecule has 0 aliphatic rings. The third kappa shape index (κ3) is 2.90. The van der Waals surface area contributed by atoms with Gasteiger partial charge in [0.25, 0.3) is 0 Å². The van der Waals surface area contributed by atoms with E-state index < -0.39 is 0 Å². The molecule has 104 valence electrons. The highest BCUT2D eigenvalue weighted by Crippen LogP contribution is 2.28. The lowest BCUT2D eigenvalue weighted by Crippen LogP contribution is -2.22. The number of fused-ring (bicyclic) bond motifs is 1. The molecule has 20 heavy (non-hydrogen) atoms. The van der Waals surface area contributed by atoms with Gasteiger partial charge in [-0.25, -0.2) is 0 Å². The van der Waals surface area contributed by atoms with Crippen molar-refractivity contribution in [3.05, 3.63) is 57.4 Å². The molecule has 0 amide bonds. The van der Waals surface area contributed by atoms with E-state index >= 15 is 0 Å². The number of hydrogen-bond donors (Lipinski definition) is 1. The number of rotatable bonds is 5. The number of halogens is 1. The summed E-state index contributed by atoms with van der Waals surface area (Å²) in [5.41, 5.74) is 2.22. The van der Waals surface area contributed by atoms with Crippen LogP contribution in [0.1, 0.15) is 24.3 Å². The van der Waals surface area contributed by atoms with E-state index in [4.69, 9.17) is 16.0 Å². The van der Waals surface area contributed by atoms with Crippen molar-refractivity contribution in [1.82, 2.24) is 5.32 Å². The lowest BCUT2D eigenvalue weighted by molar-refractivity contribution is 0.435.